The Morgan fingerprint density at radius 3 is 3.24 bits per heavy atom. The van der Waals surface area contributed by atoms with E-state index in [9.17, 15) is 4.79 Å². The Hall–Kier alpha value is -1.89. The minimum Gasteiger partial charge on any atom is -0.357 e. The molecule has 0 saturated carbocycles. The lowest BCUT2D eigenvalue weighted by molar-refractivity contribution is -0.122. The van der Waals surface area contributed by atoms with Gasteiger partial charge in [-0.2, -0.15) is 4.98 Å². The second-order valence-electron chi connectivity index (χ2n) is 5.51. The number of nitrogens with one attached hydrogen (secondary N) is 2. The summed E-state index contributed by atoms with van der Waals surface area (Å²) in [5, 5.41) is 9.15. The van der Waals surface area contributed by atoms with Crippen molar-refractivity contribution >= 4 is 39.2 Å². The number of thiophene rings is 1. The van der Waals surface area contributed by atoms with Gasteiger partial charge in [0.2, 0.25) is 11.9 Å². The van der Waals surface area contributed by atoms with E-state index in [0.717, 1.165) is 35.4 Å². The van der Waals surface area contributed by atoms with Crippen molar-refractivity contribution in [2.75, 3.05) is 30.4 Å². The third kappa shape index (κ3) is 1.95. The first kappa shape index (κ1) is 12.8. The Balaban J connectivity index is 1.81. The highest BCUT2D eigenvalue weighted by Crippen LogP contribution is 2.35. The molecule has 2 saturated heterocycles. The Kier molecular flexibility index (Phi) is 2.95. The molecular weight excluding hydrogens is 286 g/mol. The Morgan fingerprint density at radius 1 is 1.48 bits per heavy atom. The molecule has 2 N–H and O–H groups in total. The second kappa shape index (κ2) is 4.84. The summed E-state index contributed by atoms with van der Waals surface area (Å²) in [5.74, 6) is 1.88. The van der Waals surface area contributed by atoms with E-state index in [0.29, 0.717) is 12.5 Å². The van der Waals surface area contributed by atoms with Crippen LogP contribution in [-0.4, -0.2) is 42.1 Å². The molecule has 110 valence electrons. The zero-order valence-electron chi connectivity index (χ0n) is 11.8. The lowest BCUT2D eigenvalue weighted by atomic mass is 9.91. The molecule has 2 aliphatic heterocycles. The van der Waals surface area contributed by atoms with Crippen LogP contribution in [-0.2, 0) is 4.79 Å². The Morgan fingerprint density at radius 2 is 2.38 bits per heavy atom. The summed E-state index contributed by atoms with van der Waals surface area (Å²) < 4.78 is 0. The summed E-state index contributed by atoms with van der Waals surface area (Å²) in [6.45, 7) is 1.66. The number of nitrogens with zero attached hydrogens (tertiary/aromatic N) is 3. The summed E-state index contributed by atoms with van der Waals surface area (Å²) in [7, 11) is 1.83. The molecule has 2 fully saturated rings. The van der Waals surface area contributed by atoms with Gasteiger partial charge in [-0.3, -0.25) is 4.79 Å². The van der Waals surface area contributed by atoms with Gasteiger partial charge in [0.05, 0.1) is 17.3 Å². The summed E-state index contributed by atoms with van der Waals surface area (Å²) in [4.78, 5) is 24.4. The molecule has 1 amide bonds. The molecule has 0 bridgehead atoms. The normalized spacial score (nSPS) is 25.0. The molecule has 0 aromatic carbocycles. The molecule has 2 aliphatic rings. The first-order chi connectivity index (χ1) is 10.3. The molecule has 2 aromatic heterocycles. The number of carbonyl (C=O) groups is 1. The van der Waals surface area contributed by atoms with Gasteiger partial charge in [-0.15, -0.1) is 11.3 Å². The van der Waals surface area contributed by atoms with Crippen LogP contribution in [0.25, 0.3) is 10.2 Å². The monoisotopic (exact) mass is 303 g/mol. The molecule has 7 heteroatoms. The van der Waals surface area contributed by atoms with E-state index in [4.69, 9.17) is 0 Å². The van der Waals surface area contributed by atoms with E-state index in [1.54, 1.807) is 11.3 Å². The van der Waals surface area contributed by atoms with Crippen molar-refractivity contribution in [2.45, 2.75) is 18.9 Å². The zero-order valence-corrected chi connectivity index (χ0v) is 12.6. The summed E-state index contributed by atoms with van der Waals surface area (Å²) in [6, 6.07) is 2.29. The highest BCUT2D eigenvalue weighted by molar-refractivity contribution is 7.16. The van der Waals surface area contributed by atoms with Gasteiger partial charge in [-0.05, 0) is 24.3 Å². The average molecular weight is 303 g/mol. The van der Waals surface area contributed by atoms with Crippen LogP contribution in [0.1, 0.15) is 12.8 Å². The summed E-state index contributed by atoms with van der Waals surface area (Å²) in [6.07, 6.45) is 2.00. The van der Waals surface area contributed by atoms with Crippen LogP contribution in [0.15, 0.2) is 11.4 Å². The van der Waals surface area contributed by atoms with E-state index in [2.05, 4.69) is 31.6 Å². The zero-order chi connectivity index (χ0) is 14.4. The van der Waals surface area contributed by atoms with E-state index >= 15 is 0 Å². The van der Waals surface area contributed by atoms with Gasteiger partial charge in [0.25, 0.3) is 0 Å². The topological polar surface area (TPSA) is 70.2 Å². The molecule has 4 heterocycles. The van der Waals surface area contributed by atoms with Crippen molar-refractivity contribution in [3.63, 3.8) is 0 Å². The van der Waals surface area contributed by atoms with Crippen LogP contribution in [0.2, 0.25) is 0 Å². The Labute approximate surface area is 126 Å². The number of hydrogen-bond donors (Lipinski definition) is 2. The largest absolute Gasteiger partial charge is 0.357 e. The molecule has 2 unspecified atom stereocenters. The van der Waals surface area contributed by atoms with Crippen molar-refractivity contribution in [1.29, 1.82) is 0 Å². The van der Waals surface area contributed by atoms with E-state index in [-0.39, 0.29) is 17.9 Å². The number of fused-ring (bicyclic) bond motifs is 2. The molecule has 2 aromatic rings. The van der Waals surface area contributed by atoms with E-state index < -0.39 is 0 Å². The fourth-order valence-corrected chi connectivity index (χ4v) is 4.14. The number of amides is 1. The molecule has 0 aliphatic carbocycles. The van der Waals surface area contributed by atoms with Crippen LogP contribution in [0.4, 0.5) is 11.8 Å². The number of aromatic nitrogens is 2. The first-order valence-electron chi connectivity index (χ1n) is 7.25. The average Bonchev–Trinajstić information content (AvgIpc) is 3.13. The second-order valence-corrected chi connectivity index (χ2v) is 6.41. The van der Waals surface area contributed by atoms with Crippen LogP contribution in [0.5, 0.6) is 0 Å². The fraction of sp³-hybridized carbons (Fsp3) is 0.500. The molecule has 0 radical (unpaired) electrons. The highest BCUT2D eigenvalue weighted by atomic mass is 32.1. The van der Waals surface area contributed by atoms with E-state index in [1.807, 2.05) is 12.4 Å². The van der Waals surface area contributed by atoms with Crippen molar-refractivity contribution in [3.8, 4) is 0 Å². The number of hydrogen-bond acceptors (Lipinski definition) is 6. The van der Waals surface area contributed by atoms with Crippen LogP contribution < -0.4 is 15.5 Å². The predicted octanol–water partition coefficient (Wildman–Crippen LogP) is 1.45. The van der Waals surface area contributed by atoms with Gasteiger partial charge < -0.3 is 15.5 Å². The van der Waals surface area contributed by atoms with Gasteiger partial charge in [-0.25, -0.2) is 4.98 Å². The third-order valence-corrected chi connectivity index (χ3v) is 5.21. The van der Waals surface area contributed by atoms with Gasteiger partial charge in [0.1, 0.15) is 10.6 Å². The van der Waals surface area contributed by atoms with Gasteiger partial charge in [0, 0.05) is 20.1 Å². The van der Waals surface area contributed by atoms with Crippen molar-refractivity contribution in [1.82, 2.24) is 15.3 Å². The smallest absolute Gasteiger partial charge is 0.225 e. The SMILES string of the molecule is CNc1nc(N2CCCC3C(=O)NCC32)c2ccsc2n1. The molecule has 6 nitrogen and oxygen atoms in total. The number of carbonyl (C=O) groups excluding carboxylic acids is 1. The van der Waals surface area contributed by atoms with E-state index in [1.165, 1.54) is 0 Å². The van der Waals surface area contributed by atoms with Crippen LogP contribution >= 0.6 is 11.3 Å². The number of rotatable bonds is 2. The minimum atomic E-state index is 0.0976. The first-order valence-corrected chi connectivity index (χ1v) is 8.13. The third-order valence-electron chi connectivity index (χ3n) is 4.40. The minimum absolute atomic E-state index is 0.0976. The summed E-state index contributed by atoms with van der Waals surface area (Å²) >= 11 is 1.62. The number of piperidine rings is 1. The predicted molar refractivity (Wildman–Crippen MR) is 83.8 cm³/mol. The molecule has 21 heavy (non-hydrogen) atoms. The lowest BCUT2D eigenvalue weighted by Gasteiger charge is -2.37. The fourth-order valence-electron chi connectivity index (χ4n) is 3.38. The highest BCUT2D eigenvalue weighted by Gasteiger charge is 2.41. The maximum atomic E-state index is 11.9. The van der Waals surface area contributed by atoms with Crippen molar-refractivity contribution in [3.05, 3.63) is 11.4 Å². The molecule has 4 rings (SSSR count). The van der Waals surface area contributed by atoms with Gasteiger partial charge >= 0.3 is 0 Å². The number of anilines is 2. The molecule has 0 spiro atoms. The molecule has 2 atom stereocenters. The summed E-state index contributed by atoms with van der Waals surface area (Å²) in [5.41, 5.74) is 0. The maximum Gasteiger partial charge on any atom is 0.225 e. The van der Waals surface area contributed by atoms with Crippen LogP contribution in [0.3, 0.4) is 0 Å². The quantitative estimate of drug-likeness (QED) is 0.879. The lowest BCUT2D eigenvalue weighted by Crippen LogP contribution is -2.46. The van der Waals surface area contributed by atoms with Crippen molar-refractivity contribution < 1.29 is 4.79 Å². The van der Waals surface area contributed by atoms with Gasteiger partial charge in [-0.1, -0.05) is 0 Å². The van der Waals surface area contributed by atoms with Crippen LogP contribution in [0, 0.1) is 5.92 Å². The standard InChI is InChI=1S/C14H17N5OS/c1-15-14-17-11(9-4-6-21-13(9)18-14)19-5-2-3-8-10(19)7-16-12(8)20/h4,6,8,10H,2-3,5,7H2,1H3,(H,16,20)(H,15,17,18). The van der Waals surface area contributed by atoms with Gasteiger partial charge in [0.15, 0.2) is 0 Å². The maximum absolute atomic E-state index is 11.9. The van der Waals surface area contributed by atoms with Crippen molar-refractivity contribution in [2.24, 2.45) is 5.92 Å². The molecular formula is C14H17N5OS. The Bertz CT molecular complexity index is 700.